The largest absolute Gasteiger partial charge is 0.364 e. The number of nitrogens with zero attached hydrogens (tertiary/aromatic N) is 15. The molecule has 29 heteroatoms. The van der Waals surface area contributed by atoms with Gasteiger partial charge in [0.25, 0.3) is 29.5 Å². The van der Waals surface area contributed by atoms with Gasteiger partial charge in [0.2, 0.25) is 0 Å². The number of hydrogen-bond acceptors (Lipinski definition) is 15. The molecule has 10 aliphatic rings. The van der Waals surface area contributed by atoms with Crippen molar-refractivity contribution >= 4 is 115 Å². The van der Waals surface area contributed by atoms with Crippen molar-refractivity contribution in [3.63, 3.8) is 0 Å². The highest BCUT2D eigenvalue weighted by molar-refractivity contribution is 14.1. The molecule has 139 heavy (non-hydrogen) atoms. The van der Waals surface area contributed by atoms with Crippen LogP contribution in [0.25, 0.3) is 28.4 Å². The smallest absolute Gasteiger partial charge is 0.269 e. The average molecular weight is 2090 g/mol. The highest BCUT2D eigenvalue weighted by Crippen LogP contribution is 2.49. The highest BCUT2D eigenvalue weighted by atomic mass is 127. The monoisotopic (exact) mass is 2080 g/mol. The van der Waals surface area contributed by atoms with Crippen LogP contribution in [0.2, 0.25) is 5.02 Å². The maximum absolute atomic E-state index is 14.7. The fourth-order valence-electron chi connectivity index (χ4n) is 19.7. The zero-order valence-corrected chi connectivity index (χ0v) is 81.7. The molecule has 0 saturated heterocycles. The molecule has 5 aliphatic carbocycles. The quantitative estimate of drug-likeness (QED) is 0.0604. The minimum atomic E-state index is -0.596. The number of halogens is 4. The van der Waals surface area contributed by atoms with Gasteiger partial charge in [-0.15, -0.1) is 0 Å². The Labute approximate surface area is 833 Å². The van der Waals surface area contributed by atoms with Crippen LogP contribution in [0.3, 0.4) is 0 Å². The van der Waals surface area contributed by atoms with Gasteiger partial charge in [-0.1, -0.05) is 139 Å². The van der Waals surface area contributed by atoms with Gasteiger partial charge in [-0.05, 0) is 292 Å². The van der Waals surface area contributed by atoms with Gasteiger partial charge in [-0.25, -0.2) is 29.3 Å². The first-order valence-corrected chi connectivity index (χ1v) is 49.4. The molecule has 15 aromatic rings. The van der Waals surface area contributed by atoms with Crippen LogP contribution in [-0.2, 0) is 0 Å². The molecule has 5 aliphatic heterocycles. The number of amides is 5. The molecular weight excluding hydrogens is 1990 g/mol. The molecular formula is C110H96ClFI2N20O5. The third-order valence-corrected chi connectivity index (χ3v) is 29.5. The number of benzene rings is 10. The Morgan fingerprint density at radius 3 is 0.784 bits per heavy atom. The Bertz CT molecular complexity index is 7020. The van der Waals surface area contributed by atoms with Crippen molar-refractivity contribution < 1.29 is 28.4 Å². The van der Waals surface area contributed by atoms with Gasteiger partial charge in [0, 0.05) is 67.8 Å². The van der Waals surface area contributed by atoms with E-state index in [9.17, 15) is 28.4 Å². The Balaban J connectivity index is 0.000000103. The number of primary amides is 5. The second-order valence-corrected chi connectivity index (χ2v) is 39.6. The third kappa shape index (κ3) is 17.6. The van der Waals surface area contributed by atoms with Crippen molar-refractivity contribution in [2.24, 2.45) is 53.6 Å². The van der Waals surface area contributed by atoms with Gasteiger partial charge in [0.15, 0.2) is 28.5 Å². The van der Waals surface area contributed by atoms with E-state index in [-0.39, 0.29) is 58.5 Å². The van der Waals surface area contributed by atoms with Gasteiger partial charge in [-0.2, -0.15) is 0 Å². The number of carbonyl (C=O) groups is 5. The minimum Gasteiger partial charge on any atom is -0.364 e. The molecule has 0 unspecified atom stereocenters. The van der Waals surface area contributed by atoms with Crippen LogP contribution in [0.1, 0.15) is 323 Å². The molecule has 10 N–H and O–H groups in total. The topological polar surface area (TPSA) is 366 Å². The molecule has 5 aromatic heterocycles. The molecule has 5 fully saturated rings. The van der Waals surface area contributed by atoms with E-state index in [0.29, 0.717) is 57.3 Å². The first kappa shape index (κ1) is 91.1. The number of aliphatic imine (C=N–C) groups is 5. The lowest BCUT2D eigenvalue weighted by molar-refractivity contribution is 0.0986. The maximum atomic E-state index is 14.7. The number of fused-ring (bicyclic) bond motifs is 15. The van der Waals surface area contributed by atoms with E-state index in [1.807, 2.05) is 130 Å². The predicted molar refractivity (Wildman–Crippen MR) is 553 cm³/mol. The molecule has 0 radical (unpaired) electrons. The van der Waals surface area contributed by atoms with E-state index in [2.05, 4.69) is 191 Å². The zero-order chi connectivity index (χ0) is 96.2. The Morgan fingerprint density at radius 1 is 0.288 bits per heavy atom. The lowest BCUT2D eigenvalue weighted by Gasteiger charge is -2.14. The number of aromatic nitrogens is 10. The normalized spacial score (nSPS) is 18.1. The van der Waals surface area contributed by atoms with Crippen LogP contribution >= 0.6 is 56.8 Å². The summed E-state index contributed by atoms with van der Waals surface area (Å²) < 4.78 is 26.7. The molecule has 5 saturated carbocycles. The van der Waals surface area contributed by atoms with Gasteiger partial charge in [0.1, 0.15) is 37.5 Å². The SMILES string of the molecule is C[C@@H]1N=C(c2ccccc2I)c2cc(C3CC3)ccc2-n2cnc(C(N)=O)c21.C[C@H]1N=C(c2ccccc2)c2cc(C3CC3)ccc2-n2cnc(C(N)=O)c21.C[C@H]1N=C(c2ccccc2Cl)c2cc(C3CC3)ccc2-n2cnc(C(N)=O)c21.C[C@H]1N=C(c2ccccc2F)c2cc(C3CC3)ccc2-n2cnc(C(N)=O)c21.C[C@H]1N=C(c2ccccc2I)c2cc(C3CC3)ccc2-n2cnc(C(N)=O)c21. The summed E-state index contributed by atoms with van der Waals surface area (Å²) in [6.45, 7) is 9.78. The Morgan fingerprint density at radius 2 is 0.518 bits per heavy atom. The molecule has 0 bridgehead atoms. The molecule has 25 rings (SSSR count). The molecule has 25 nitrogen and oxygen atoms in total. The van der Waals surface area contributed by atoms with E-state index in [1.54, 1.807) is 49.8 Å². The highest BCUT2D eigenvalue weighted by Gasteiger charge is 2.39. The number of nitrogens with two attached hydrogens (primary N) is 5. The van der Waals surface area contributed by atoms with E-state index in [0.717, 1.165) is 126 Å². The first-order valence-electron chi connectivity index (χ1n) is 46.8. The van der Waals surface area contributed by atoms with Crippen molar-refractivity contribution in [2.45, 2.75) is 159 Å². The summed E-state index contributed by atoms with van der Waals surface area (Å²) in [5.74, 6) is 0.0654. The zero-order valence-electron chi connectivity index (χ0n) is 76.7. The van der Waals surface area contributed by atoms with Crippen molar-refractivity contribution in [3.05, 3.63) is 408 Å². The van der Waals surface area contributed by atoms with Crippen molar-refractivity contribution in [1.82, 2.24) is 47.8 Å². The van der Waals surface area contributed by atoms with Crippen molar-refractivity contribution in [2.75, 3.05) is 0 Å². The average Bonchev–Trinajstić information content (AvgIpc) is 1.63. The summed E-state index contributed by atoms with van der Waals surface area (Å²) >= 11 is 11.2. The van der Waals surface area contributed by atoms with Crippen LogP contribution in [0.4, 0.5) is 4.39 Å². The molecule has 694 valence electrons. The fraction of sp³-hybridized carbons (Fsp3) is 0.227. The summed E-state index contributed by atoms with van der Waals surface area (Å²) in [6.07, 6.45) is 20.6. The Kier molecular flexibility index (Phi) is 24.4. The third-order valence-electron chi connectivity index (χ3n) is 27.3. The molecule has 5 amide bonds. The lowest BCUT2D eigenvalue weighted by atomic mass is 9.96. The van der Waals surface area contributed by atoms with E-state index in [1.165, 1.54) is 98.1 Å². The predicted octanol–water partition coefficient (Wildman–Crippen LogP) is 20.8. The molecule has 10 aromatic carbocycles. The lowest BCUT2D eigenvalue weighted by Crippen LogP contribution is -2.15. The summed E-state index contributed by atoms with van der Waals surface area (Å²) in [5, 5.41) is 0.649. The fourth-order valence-corrected chi connectivity index (χ4v) is 21.2. The van der Waals surface area contributed by atoms with Crippen LogP contribution in [0.15, 0.2) is 275 Å². The van der Waals surface area contributed by atoms with Crippen molar-refractivity contribution in [3.8, 4) is 28.4 Å². The molecule has 10 heterocycles. The van der Waals surface area contributed by atoms with E-state index < -0.39 is 35.6 Å². The van der Waals surface area contributed by atoms with Crippen LogP contribution in [0.5, 0.6) is 0 Å². The summed E-state index contributed by atoms with van der Waals surface area (Å²) in [7, 11) is 0. The maximum Gasteiger partial charge on any atom is 0.269 e. The van der Waals surface area contributed by atoms with Gasteiger partial charge in [-0.3, -0.25) is 71.8 Å². The van der Waals surface area contributed by atoms with E-state index in [4.69, 9.17) is 65.2 Å². The van der Waals surface area contributed by atoms with E-state index >= 15 is 0 Å². The van der Waals surface area contributed by atoms with Gasteiger partial charge in [0.05, 0.1) is 116 Å². The van der Waals surface area contributed by atoms with Crippen LogP contribution < -0.4 is 28.7 Å². The number of carbonyl (C=O) groups excluding carboxylic acids is 5. The summed E-state index contributed by atoms with van der Waals surface area (Å²) in [4.78, 5) is 106. The Hall–Kier alpha value is -14.4. The summed E-state index contributed by atoms with van der Waals surface area (Å²) in [5.41, 5.74) is 58.0. The van der Waals surface area contributed by atoms with Gasteiger partial charge < -0.3 is 28.7 Å². The molecule has 0 spiro atoms. The van der Waals surface area contributed by atoms with Crippen molar-refractivity contribution in [1.29, 1.82) is 0 Å². The van der Waals surface area contributed by atoms with Crippen LogP contribution in [-0.4, -0.2) is 106 Å². The first-order chi connectivity index (χ1) is 67.3. The standard InChI is InChI=1S/C22H19ClN4O.C22H19FN4O.2C22H19IN4O.C22H20N4O/c4*1-12-21-20(22(24)28)25-11-27(21)18-9-8-14(13-6-7-13)10-16(18)19(26-12)15-4-2-3-5-17(15)23;1-13-21-20(22(23)27)24-12-26(21)18-10-9-16(14-7-8-14)11-17(18)19(25-13)15-5-3-2-4-6-15/h4*2-5,8-13H,6-7H2,1H3,(H2,24,28);2-6,9-14H,7-8H2,1H3,(H2,23,27)/t4*12-;13-/m11101/s1. The van der Waals surface area contributed by atoms with Gasteiger partial charge >= 0.3 is 0 Å². The van der Waals surface area contributed by atoms with Crippen LogP contribution in [0, 0.1) is 13.0 Å². The minimum absolute atomic E-state index is 0.197. The second-order valence-electron chi connectivity index (χ2n) is 36.9. The number of hydrogen-bond donors (Lipinski definition) is 5. The number of rotatable bonds is 15. The molecule has 5 atom stereocenters. The summed E-state index contributed by atoms with van der Waals surface area (Å²) in [6, 6.07) is 72.1. The second kappa shape index (κ2) is 37.2. The number of imidazole rings is 5.